The Labute approximate surface area is 161 Å². The molecular weight excluding hydrogens is 344 g/mol. The summed E-state index contributed by atoms with van der Waals surface area (Å²) in [7, 11) is 0. The van der Waals surface area contributed by atoms with E-state index in [0.717, 1.165) is 18.5 Å². The standard InChI is InChI=1S/C19H18N6O2.4H2/c20-17-16(19-24-23-18(27-19)11-4-2-1-3-5-11)22-15(8-21-17)25-9-12-6-7-14(26)13(12)10-25;;;;/h1-5,8,12-13H,6-7,9-10H2,(H2,20,21);4*1H. The van der Waals surface area contributed by atoms with Crippen molar-refractivity contribution in [2.24, 2.45) is 11.8 Å². The highest BCUT2D eigenvalue weighted by molar-refractivity contribution is 5.85. The number of hydrogen-bond donors (Lipinski definition) is 1. The summed E-state index contributed by atoms with van der Waals surface area (Å²) in [6.45, 7) is 1.49. The van der Waals surface area contributed by atoms with Crippen LogP contribution in [0.2, 0.25) is 0 Å². The molecule has 0 bridgehead atoms. The van der Waals surface area contributed by atoms with Crippen molar-refractivity contribution in [3.05, 3.63) is 36.5 Å². The highest BCUT2D eigenvalue weighted by atomic mass is 16.4. The van der Waals surface area contributed by atoms with E-state index in [9.17, 15) is 4.79 Å². The summed E-state index contributed by atoms with van der Waals surface area (Å²) in [5.41, 5.74) is 7.20. The number of nitrogen functional groups attached to an aromatic ring is 1. The van der Waals surface area contributed by atoms with Gasteiger partial charge in [-0.3, -0.25) is 4.79 Å². The lowest BCUT2D eigenvalue weighted by Crippen LogP contribution is -2.24. The van der Waals surface area contributed by atoms with Crippen molar-refractivity contribution in [1.82, 2.24) is 20.2 Å². The summed E-state index contributed by atoms with van der Waals surface area (Å²) in [4.78, 5) is 23.0. The van der Waals surface area contributed by atoms with Crippen LogP contribution < -0.4 is 10.6 Å². The summed E-state index contributed by atoms with van der Waals surface area (Å²) in [6, 6.07) is 9.51. The predicted molar refractivity (Wildman–Crippen MR) is 107 cm³/mol. The molecule has 1 saturated heterocycles. The maximum Gasteiger partial charge on any atom is 0.270 e. The van der Waals surface area contributed by atoms with Crippen molar-refractivity contribution in [2.75, 3.05) is 23.7 Å². The molecule has 2 N–H and O–H groups in total. The smallest absolute Gasteiger partial charge is 0.270 e. The van der Waals surface area contributed by atoms with Crippen LogP contribution >= 0.6 is 0 Å². The van der Waals surface area contributed by atoms with Crippen LogP contribution in [0.3, 0.4) is 0 Å². The second-order valence-electron chi connectivity index (χ2n) is 7.02. The number of hydrogen-bond acceptors (Lipinski definition) is 8. The minimum atomic E-state index is 0. The van der Waals surface area contributed by atoms with Crippen LogP contribution in [0.1, 0.15) is 18.5 Å². The third kappa shape index (κ3) is 2.73. The fourth-order valence-electron chi connectivity index (χ4n) is 3.94. The molecule has 1 aromatic carbocycles. The molecule has 2 unspecified atom stereocenters. The Morgan fingerprint density at radius 3 is 2.78 bits per heavy atom. The number of carbonyl (C=O) groups is 1. The molecule has 3 aromatic rings. The van der Waals surface area contributed by atoms with E-state index >= 15 is 0 Å². The van der Waals surface area contributed by atoms with E-state index in [1.165, 1.54) is 0 Å². The van der Waals surface area contributed by atoms with E-state index in [1.807, 2.05) is 30.3 Å². The molecule has 5 rings (SSSR count). The number of nitrogens with zero attached hydrogens (tertiary/aromatic N) is 5. The number of anilines is 2. The molecule has 2 fully saturated rings. The zero-order chi connectivity index (χ0) is 18.4. The molecule has 0 radical (unpaired) electrons. The summed E-state index contributed by atoms with van der Waals surface area (Å²) >= 11 is 0. The Bertz CT molecular complexity index is 1020. The average Bonchev–Trinajstić information content (AvgIpc) is 3.41. The maximum absolute atomic E-state index is 12.0. The number of ketones is 1. The molecule has 3 heterocycles. The van der Waals surface area contributed by atoms with Crippen molar-refractivity contribution in [3.8, 4) is 23.0 Å². The third-order valence-corrected chi connectivity index (χ3v) is 5.38. The zero-order valence-corrected chi connectivity index (χ0v) is 14.6. The van der Waals surface area contributed by atoms with Crippen molar-refractivity contribution in [1.29, 1.82) is 0 Å². The summed E-state index contributed by atoms with van der Waals surface area (Å²) in [5.74, 6) is 2.43. The molecule has 27 heavy (non-hydrogen) atoms. The Morgan fingerprint density at radius 1 is 1.15 bits per heavy atom. The van der Waals surface area contributed by atoms with Crippen molar-refractivity contribution in [2.45, 2.75) is 12.8 Å². The molecule has 8 heteroatoms. The van der Waals surface area contributed by atoms with E-state index in [1.54, 1.807) is 6.20 Å². The number of aromatic nitrogens is 4. The Morgan fingerprint density at radius 2 is 1.96 bits per heavy atom. The first-order valence-corrected chi connectivity index (χ1v) is 8.98. The van der Waals surface area contributed by atoms with Gasteiger partial charge >= 0.3 is 0 Å². The molecular formula is C19H26N6O2. The fourth-order valence-corrected chi connectivity index (χ4v) is 3.94. The van der Waals surface area contributed by atoms with Crippen molar-refractivity contribution >= 4 is 17.4 Å². The first-order chi connectivity index (χ1) is 13.2. The van der Waals surface area contributed by atoms with Crippen LogP contribution in [-0.2, 0) is 4.79 Å². The number of Topliss-reactive ketones (excluding diaryl/α,β-unsaturated/α-hetero) is 1. The number of fused-ring (bicyclic) bond motifs is 1. The van der Waals surface area contributed by atoms with E-state index in [0.29, 0.717) is 42.1 Å². The van der Waals surface area contributed by atoms with E-state index < -0.39 is 0 Å². The molecule has 1 aliphatic carbocycles. The van der Waals surface area contributed by atoms with Crippen LogP contribution in [-0.4, -0.2) is 39.0 Å². The molecule has 0 spiro atoms. The van der Waals surface area contributed by atoms with Gasteiger partial charge in [-0.15, -0.1) is 10.2 Å². The van der Waals surface area contributed by atoms with Gasteiger partial charge in [-0.05, 0) is 24.5 Å². The van der Waals surface area contributed by atoms with Crippen LogP contribution in [0, 0.1) is 11.8 Å². The Kier molecular flexibility index (Phi) is 3.63. The van der Waals surface area contributed by atoms with Gasteiger partial charge in [0.15, 0.2) is 11.5 Å². The normalized spacial score (nSPS) is 21.6. The van der Waals surface area contributed by atoms with Gasteiger partial charge in [0.05, 0.1) is 6.20 Å². The monoisotopic (exact) mass is 370 g/mol. The van der Waals surface area contributed by atoms with Crippen LogP contribution in [0.4, 0.5) is 11.6 Å². The minimum absolute atomic E-state index is 0. The van der Waals surface area contributed by atoms with E-state index in [-0.39, 0.29) is 23.3 Å². The van der Waals surface area contributed by atoms with Gasteiger partial charge < -0.3 is 15.1 Å². The van der Waals surface area contributed by atoms with E-state index in [4.69, 9.17) is 10.2 Å². The molecule has 1 aliphatic heterocycles. The first kappa shape index (κ1) is 15.9. The average molecular weight is 370 g/mol. The van der Waals surface area contributed by atoms with Gasteiger partial charge in [-0.1, -0.05) is 18.2 Å². The zero-order valence-electron chi connectivity index (χ0n) is 14.6. The Balaban J connectivity index is 0.00000120. The number of benzene rings is 1. The SMILES string of the molecule is Nc1ncc(N2CC3CCC(=O)C3C2)nc1-c1nnc(-c2ccccc2)o1.[HH].[HH].[HH].[HH]. The molecule has 8 nitrogen and oxygen atoms in total. The molecule has 2 atom stereocenters. The van der Waals surface area contributed by atoms with Gasteiger partial charge in [0.2, 0.25) is 5.89 Å². The lowest BCUT2D eigenvalue weighted by Gasteiger charge is -2.18. The molecule has 2 aromatic heterocycles. The second-order valence-corrected chi connectivity index (χ2v) is 7.02. The number of nitrogens with two attached hydrogens (primary N) is 1. The van der Waals surface area contributed by atoms with Gasteiger partial charge in [0.1, 0.15) is 11.6 Å². The summed E-state index contributed by atoms with van der Waals surface area (Å²) in [5, 5.41) is 8.18. The summed E-state index contributed by atoms with van der Waals surface area (Å²) < 4.78 is 5.77. The van der Waals surface area contributed by atoms with Gasteiger partial charge in [-0.25, -0.2) is 9.97 Å². The van der Waals surface area contributed by atoms with E-state index in [2.05, 4.69) is 25.1 Å². The largest absolute Gasteiger partial charge is 0.414 e. The minimum Gasteiger partial charge on any atom is -0.414 e. The maximum atomic E-state index is 12.0. The van der Waals surface area contributed by atoms with Gasteiger partial charge in [0.25, 0.3) is 5.89 Å². The van der Waals surface area contributed by atoms with Crippen molar-refractivity contribution < 1.29 is 14.9 Å². The van der Waals surface area contributed by atoms with Crippen molar-refractivity contribution in [3.63, 3.8) is 0 Å². The third-order valence-electron chi connectivity index (χ3n) is 5.38. The highest BCUT2D eigenvalue weighted by Gasteiger charge is 2.42. The summed E-state index contributed by atoms with van der Waals surface area (Å²) in [6.07, 6.45) is 3.30. The van der Waals surface area contributed by atoms with Crippen LogP contribution in [0.5, 0.6) is 0 Å². The lowest BCUT2D eigenvalue weighted by atomic mass is 10.0. The fraction of sp³-hybridized carbons (Fsp3) is 0.316. The quantitative estimate of drug-likeness (QED) is 0.748. The van der Waals surface area contributed by atoms with Crippen LogP contribution in [0.25, 0.3) is 23.0 Å². The van der Waals surface area contributed by atoms with Crippen LogP contribution in [0.15, 0.2) is 40.9 Å². The predicted octanol–water partition coefficient (Wildman–Crippen LogP) is 3.18. The lowest BCUT2D eigenvalue weighted by molar-refractivity contribution is -0.120. The van der Waals surface area contributed by atoms with Gasteiger partial charge in [-0.2, -0.15) is 0 Å². The van der Waals surface area contributed by atoms with Gasteiger partial charge in [0, 0.05) is 36.7 Å². The number of carbonyl (C=O) groups excluding carboxylic acids is 1. The second kappa shape index (κ2) is 6.15. The first-order valence-electron chi connectivity index (χ1n) is 8.98. The molecule has 1 saturated carbocycles. The Hall–Kier alpha value is -3.29. The molecule has 0 amide bonds. The molecule has 144 valence electrons. The highest BCUT2D eigenvalue weighted by Crippen LogP contribution is 2.37. The molecule has 2 aliphatic rings. The topological polar surface area (TPSA) is 111 Å². The number of rotatable bonds is 3.